The highest BCUT2D eigenvalue weighted by Crippen LogP contribution is 2.16. The summed E-state index contributed by atoms with van der Waals surface area (Å²) in [7, 11) is 2.03. The predicted molar refractivity (Wildman–Crippen MR) is 58.1 cm³/mol. The molecule has 1 unspecified atom stereocenters. The van der Waals surface area contributed by atoms with Crippen molar-refractivity contribution in [3.05, 3.63) is 18.1 Å². The predicted octanol–water partition coefficient (Wildman–Crippen LogP) is 1.17. The van der Waals surface area contributed by atoms with E-state index in [1.54, 1.807) is 12.4 Å². The fourth-order valence-corrected chi connectivity index (χ4v) is 1.28. The number of nitrogens with two attached hydrogens (primary N) is 1. The van der Waals surface area contributed by atoms with E-state index in [1.165, 1.54) is 0 Å². The summed E-state index contributed by atoms with van der Waals surface area (Å²) in [5, 5.41) is 0. The van der Waals surface area contributed by atoms with Gasteiger partial charge in [-0.3, -0.25) is 4.98 Å². The van der Waals surface area contributed by atoms with Crippen molar-refractivity contribution in [2.75, 3.05) is 11.9 Å². The minimum atomic E-state index is 0.434. The summed E-state index contributed by atoms with van der Waals surface area (Å²) in [5.74, 6) is 0.893. The lowest BCUT2D eigenvalue weighted by atomic mass is 10.2. The monoisotopic (exact) mass is 194 g/mol. The molecular formula is C10H18N4. The Bertz CT molecular complexity index is 287. The first kappa shape index (κ1) is 10.9. The highest BCUT2D eigenvalue weighted by Gasteiger charge is 2.12. The standard InChI is InChI=1S/C10H18N4/c1-4-8(2)14(3)10-9(7-11)12-5-6-13-10/h5-6,8H,4,7,11H2,1-3H3. The lowest BCUT2D eigenvalue weighted by Gasteiger charge is -2.25. The van der Waals surface area contributed by atoms with Crippen LogP contribution in [0.2, 0.25) is 0 Å². The molecule has 0 aliphatic rings. The van der Waals surface area contributed by atoms with Crippen molar-refractivity contribution in [3.8, 4) is 0 Å². The lowest BCUT2D eigenvalue weighted by molar-refractivity contribution is 0.651. The molecule has 14 heavy (non-hydrogen) atoms. The fraction of sp³-hybridized carbons (Fsp3) is 0.600. The second kappa shape index (κ2) is 4.91. The van der Waals surface area contributed by atoms with Crippen molar-refractivity contribution in [1.82, 2.24) is 9.97 Å². The average molecular weight is 194 g/mol. The van der Waals surface area contributed by atoms with Crippen LogP contribution in [0.25, 0.3) is 0 Å². The van der Waals surface area contributed by atoms with Crippen molar-refractivity contribution in [2.45, 2.75) is 32.9 Å². The molecule has 0 fully saturated rings. The third-order valence-corrected chi connectivity index (χ3v) is 2.53. The van der Waals surface area contributed by atoms with Crippen molar-refractivity contribution in [1.29, 1.82) is 0 Å². The highest BCUT2D eigenvalue weighted by molar-refractivity contribution is 5.42. The van der Waals surface area contributed by atoms with Gasteiger partial charge >= 0.3 is 0 Å². The number of hydrogen-bond acceptors (Lipinski definition) is 4. The van der Waals surface area contributed by atoms with E-state index in [-0.39, 0.29) is 0 Å². The van der Waals surface area contributed by atoms with E-state index < -0.39 is 0 Å². The summed E-state index contributed by atoms with van der Waals surface area (Å²) >= 11 is 0. The quantitative estimate of drug-likeness (QED) is 0.781. The normalized spacial score (nSPS) is 12.6. The first-order valence-electron chi connectivity index (χ1n) is 4.93. The van der Waals surface area contributed by atoms with Gasteiger partial charge in [-0.15, -0.1) is 0 Å². The van der Waals surface area contributed by atoms with E-state index in [2.05, 4.69) is 28.7 Å². The van der Waals surface area contributed by atoms with Gasteiger partial charge in [-0.25, -0.2) is 4.98 Å². The Morgan fingerprint density at radius 1 is 1.43 bits per heavy atom. The van der Waals surface area contributed by atoms with E-state index >= 15 is 0 Å². The van der Waals surface area contributed by atoms with E-state index in [9.17, 15) is 0 Å². The molecule has 0 radical (unpaired) electrons. The number of hydrogen-bond donors (Lipinski definition) is 1. The molecule has 1 aromatic heterocycles. The van der Waals surface area contributed by atoms with Gasteiger partial charge in [0, 0.05) is 32.0 Å². The topological polar surface area (TPSA) is 55.0 Å². The molecule has 0 saturated heterocycles. The van der Waals surface area contributed by atoms with Crippen LogP contribution in [-0.4, -0.2) is 23.1 Å². The molecule has 1 rings (SSSR count). The van der Waals surface area contributed by atoms with Crippen LogP contribution in [0.1, 0.15) is 26.0 Å². The largest absolute Gasteiger partial charge is 0.355 e. The zero-order chi connectivity index (χ0) is 10.6. The van der Waals surface area contributed by atoms with Crippen molar-refractivity contribution >= 4 is 5.82 Å². The maximum Gasteiger partial charge on any atom is 0.151 e. The molecule has 0 spiro atoms. The van der Waals surface area contributed by atoms with E-state index in [1.807, 2.05) is 7.05 Å². The third kappa shape index (κ3) is 2.20. The Hall–Kier alpha value is -1.16. The van der Waals surface area contributed by atoms with Crippen LogP contribution in [0.3, 0.4) is 0 Å². The van der Waals surface area contributed by atoms with E-state index in [0.29, 0.717) is 12.6 Å². The zero-order valence-corrected chi connectivity index (χ0v) is 9.07. The number of aromatic nitrogens is 2. The summed E-state index contributed by atoms with van der Waals surface area (Å²) in [4.78, 5) is 10.6. The van der Waals surface area contributed by atoms with Gasteiger partial charge in [-0.05, 0) is 13.3 Å². The van der Waals surface area contributed by atoms with Crippen LogP contribution < -0.4 is 10.6 Å². The van der Waals surface area contributed by atoms with Crippen molar-refractivity contribution in [2.24, 2.45) is 5.73 Å². The minimum absolute atomic E-state index is 0.434. The first-order chi connectivity index (χ1) is 6.70. The van der Waals surface area contributed by atoms with Gasteiger partial charge in [-0.1, -0.05) is 6.92 Å². The average Bonchev–Trinajstić information content (AvgIpc) is 2.26. The molecular weight excluding hydrogens is 176 g/mol. The Balaban J connectivity index is 2.93. The molecule has 0 aliphatic carbocycles. The van der Waals surface area contributed by atoms with Gasteiger partial charge in [0.2, 0.25) is 0 Å². The number of anilines is 1. The minimum Gasteiger partial charge on any atom is -0.355 e. The fourth-order valence-electron chi connectivity index (χ4n) is 1.28. The van der Waals surface area contributed by atoms with Crippen LogP contribution in [0.5, 0.6) is 0 Å². The Morgan fingerprint density at radius 3 is 2.64 bits per heavy atom. The smallest absolute Gasteiger partial charge is 0.151 e. The molecule has 1 aromatic rings. The van der Waals surface area contributed by atoms with E-state index in [0.717, 1.165) is 17.9 Å². The first-order valence-corrected chi connectivity index (χ1v) is 4.93. The van der Waals surface area contributed by atoms with Gasteiger partial charge in [-0.2, -0.15) is 0 Å². The Morgan fingerprint density at radius 2 is 2.07 bits per heavy atom. The molecule has 2 N–H and O–H groups in total. The van der Waals surface area contributed by atoms with E-state index in [4.69, 9.17) is 5.73 Å². The molecule has 0 aromatic carbocycles. The molecule has 0 aliphatic heterocycles. The maximum absolute atomic E-state index is 5.60. The third-order valence-electron chi connectivity index (χ3n) is 2.53. The molecule has 0 amide bonds. The van der Waals surface area contributed by atoms with Crippen LogP contribution >= 0.6 is 0 Å². The lowest BCUT2D eigenvalue weighted by Crippen LogP contribution is -2.30. The molecule has 4 heteroatoms. The molecule has 0 saturated carbocycles. The van der Waals surface area contributed by atoms with Gasteiger partial charge in [0.25, 0.3) is 0 Å². The summed E-state index contributed by atoms with van der Waals surface area (Å²) in [6.07, 6.45) is 4.46. The van der Waals surface area contributed by atoms with Crippen molar-refractivity contribution in [3.63, 3.8) is 0 Å². The Kier molecular flexibility index (Phi) is 3.83. The number of rotatable bonds is 4. The summed E-state index contributed by atoms with van der Waals surface area (Å²) in [5.41, 5.74) is 6.46. The van der Waals surface area contributed by atoms with Gasteiger partial charge < -0.3 is 10.6 Å². The molecule has 1 atom stereocenters. The van der Waals surface area contributed by atoms with Gasteiger partial charge in [0.15, 0.2) is 5.82 Å². The molecule has 1 heterocycles. The molecule has 4 nitrogen and oxygen atoms in total. The van der Waals surface area contributed by atoms with Crippen LogP contribution in [0, 0.1) is 0 Å². The second-order valence-electron chi connectivity index (χ2n) is 3.40. The van der Waals surface area contributed by atoms with Crippen LogP contribution in [-0.2, 0) is 6.54 Å². The molecule has 78 valence electrons. The zero-order valence-electron chi connectivity index (χ0n) is 9.07. The number of nitrogens with zero attached hydrogens (tertiary/aromatic N) is 3. The highest BCUT2D eigenvalue weighted by atomic mass is 15.2. The Labute approximate surface area is 85.2 Å². The van der Waals surface area contributed by atoms with Gasteiger partial charge in [0.05, 0.1) is 5.69 Å². The maximum atomic E-state index is 5.60. The summed E-state index contributed by atoms with van der Waals surface area (Å²) in [6, 6.07) is 0.456. The summed E-state index contributed by atoms with van der Waals surface area (Å²) < 4.78 is 0. The van der Waals surface area contributed by atoms with Crippen LogP contribution in [0.4, 0.5) is 5.82 Å². The second-order valence-corrected chi connectivity index (χ2v) is 3.40. The van der Waals surface area contributed by atoms with Crippen LogP contribution in [0.15, 0.2) is 12.4 Å². The summed E-state index contributed by atoms with van der Waals surface area (Å²) in [6.45, 7) is 4.75. The SMILES string of the molecule is CCC(C)N(C)c1nccnc1CN. The molecule has 0 bridgehead atoms. The van der Waals surface area contributed by atoms with Crippen molar-refractivity contribution < 1.29 is 0 Å². The van der Waals surface area contributed by atoms with Gasteiger partial charge in [0.1, 0.15) is 0 Å².